The van der Waals surface area contributed by atoms with Gasteiger partial charge in [0, 0.05) is 18.7 Å². The van der Waals surface area contributed by atoms with Crippen LogP contribution in [0.1, 0.15) is 33.1 Å². The number of carbonyl (C=O) groups is 1. The minimum atomic E-state index is 0.306. The fraction of sp³-hybridized carbons (Fsp3) is 0.500. The van der Waals surface area contributed by atoms with Crippen molar-refractivity contribution in [1.29, 1.82) is 0 Å². The molecule has 1 rings (SSSR count). The number of nitrogens with zero attached hydrogens (tertiary/aromatic N) is 1. The van der Waals surface area contributed by atoms with Gasteiger partial charge in [-0.15, -0.1) is 0 Å². The minimum Gasteiger partial charge on any atom is -0.364 e. The van der Waals surface area contributed by atoms with Gasteiger partial charge in [0.05, 0.1) is 6.54 Å². The zero-order chi connectivity index (χ0) is 11.8. The molecule has 1 aromatic rings. The number of hydrogen-bond acceptors (Lipinski definition) is 2. The third-order valence-electron chi connectivity index (χ3n) is 2.66. The molecule has 2 heteroatoms. The van der Waals surface area contributed by atoms with Crippen molar-refractivity contribution in [2.75, 3.05) is 18.0 Å². The molecule has 0 saturated heterocycles. The van der Waals surface area contributed by atoms with Gasteiger partial charge in [0.25, 0.3) is 0 Å². The molecule has 16 heavy (non-hydrogen) atoms. The van der Waals surface area contributed by atoms with Crippen LogP contribution in [-0.2, 0) is 4.79 Å². The van der Waals surface area contributed by atoms with E-state index in [4.69, 9.17) is 0 Å². The smallest absolute Gasteiger partial charge is 0.151 e. The highest BCUT2D eigenvalue weighted by Gasteiger charge is 2.09. The van der Waals surface area contributed by atoms with Crippen LogP contribution in [0.15, 0.2) is 30.3 Å². The molecule has 0 fully saturated rings. The average molecular weight is 219 g/mol. The maximum absolute atomic E-state index is 11.5. The van der Waals surface area contributed by atoms with Crippen molar-refractivity contribution < 1.29 is 4.79 Å². The summed E-state index contributed by atoms with van der Waals surface area (Å²) in [5.41, 5.74) is 1.15. The SMILES string of the molecule is CCCCN(CC(=O)CC)c1ccccc1. The lowest BCUT2D eigenvalue weighted by Gasteiger charge is -2.23. The van der Waals surface area contributed by atoms with Crippen molar-refractivity contribution in [2.45, 2.75) is 33.1 Å². The molecule has 1 aromatic carbocycles. The van der Waals surface area contributed by atoms with Crippen molar-refractivity contribution in [3.8, 4) is 0 Å². The average Bonchev–Trinajstić information content (AvgIpc) is 2.35. The second-order valence-corrected chi connectivity index (χ2v) is 4.00. The summed E-state index contributed by atoms with van der Waals surface area (Å²) in [5.74, 6) is 0.306. The van der Waals surface area contributed by atoms with E-state index < -0.39 is 0 Å². The van der Waals surface area contributed by atoms with Crippen LogP contribution in [0.3, 0.4) is 0 Å². The lowest BCUT2D eigenvalue weighted by atomic mass is 10.2. The summed E-state index contributed by atoms with van der Waals surface area (Å²) in [4.78, 5) is 13.7. The molecule has 0 radical (unpaired) electrons. The summed E-state index contributed by atoms with van der Waals surface area (Å²) in [6.45, 7) is 5.60. The van der Waals surface area contributed by atoms with E-state index in [-0.39, 0.29) is 0 Å². The molecule has 0 aromatic heterocycles. The van der Waals surface area contributed by atoms with Gasteiger partial charge in [-0.1, -0.05) is 38.5 Å². The lowest BCUT2D eigenvalue weighted by Crippen LogP contribution is -2.30. The van der Waals surface area contributed by atoms with Crippen LogP contribution in [0, 0.1) is 0 Å². The van der Waals surface area contributed by atoms with E-state index in [2.05, 4.69) is 24.0 Å². The van der Waals surface area contributed by atoms with Crippen molar-refractivity contribution in [2.24, 2.45) is 0 Å². The van der Waals surface area contributed by atoms with Crippen LogP contribution in [0.4, 0.5) is 5.69 Å². The van der Waals surface area contributed by atoms with Gasteiger partial charge in [-0.05, 0) is 18.6 Å². The van der Waals surface area contributed by atoms with Crippen LogP contribution < -0.4 is 4.90 Å². The Morgan fingerprint density at radius 2 is 1.88 bits per heavy atom. The molecule has 0 aliphatic heterocycles. The molecule has 0 unspecified atom stereocenters. The van der Waals surface area contributed by atoms with Gasteiger partial charge in [0.2, 0.25) is 0 Å². The van der Waals surface area contributed by atoms with Crippen molar-refractivity contribution >= 4 is 11.5 Å². The van der Waals surface area contributed by atoms with E-state index in [1.54, 1.807) is 0 Å². The highest BCUT2D eigenvalue weighted by atomic mass is 16.1. The number of benzene rings is 1. The van der Waals surface area contributed by atoms with Gasteiger partial charge < -0.3 is 4.90 Å². The Kier molecular flexibility index (Phi) is 5.62. The van der Waals surface area contributed by atoms with Gasteiger partial charge in [0.15, 0.2) is 5.78 Å². The number of para-hydroxylation sites is 1. The second kappa shape index (κ2) is 7.04. The molecule has 0 atom stereocenters. The van der Waals surface area contributed by atoms with Crippen LogP contribution in [0.25, 0.3) is 0 Å². The molecular formula is C14H21NO. The van der Waals surface area contributed by atoms with Gasteiger partial charge in [-0.25, -0.2) is 0 Å². The summed E-state index contributed by atoms with van der Waals surface area (Å²) < 4.78 is 0. The molecule has 0 bridgehead atoms. The molecular weight excluding hydrogens is 198 g/mol. The number of unbranched alkanes of at least 4 members (excludes halogenated alkanes) is 1. The molecule has 0 aliphatic carbocycles. The van der Waals surface area contributed by atoms with E-state index in [0.717, 1.165) is 25.1 Å². The van der Waals surface area contributed by atoms with Gasteiger partial charge >= 0.3 is 0 Å². The summed E-state index contributed by atoms with van der Waals surface area (Å²) in [7, 11) is 0. The summed E-state index contributed by atoms with van der Waals surface area (Å²) in [5, 5.41) is 0. The van der Waals surface area contributed by atoms with Crippen LogP contribution >= 0.6 is 0 Å². The fourth-order valence-corrected chi connectivity index (χ4v) is 1.61. The third-order valence-corrected chi connectivity index (χ3v) is 2.66. The van der Waals surface area contributed by atoms with Crippen molar-refractivity contribution in [1.82, 2.24) is 0 Å². The number of rotatable bonds is 7. The molecule has 88 valence electrons. The molecule has 0 spiro atoms. The Hall–Kier alpha value is -1.31. The highest BCUT2D eigenvalue weighted by Crippen LogP contribution is 2.14. The number of hydrogen-bond donors (Lipinski definition) is 0. The van der Waals surface area contributed by atoms with E-state index in [1.807, 2.05) is 25.1 Å². The maximum Gasteiger partial charge on any atom is 0.151 e. The first-order chi connectivity index (χ1) is 7.77. The fourth-order valence-electron chi connectivity index (χ4n) is 1.61. The predicted octanol–water partition coefficient (Wildman–Crippen LogP) is 3.27. The second-order valence-electron chi connectivity index (χ2n) is 4.00. The predicted molar refractivity (Wildman–Crippen MR) is 68.9 cm³/mol. The van der Waals surface area contributed by atoms with Crippen molar-refractivity contribution in [3.05, 3.63) is 30.3 Å². The van der Waals surface area contributed by atoms with E-state index in [0.29, 0.717) is 18.7 Å². The zero-order valence-corrected chi connectivity index (χ0v) is 10.3. The molecule has 0 saturated carbocycles. The Bertz CT molecular complexity index is 308. The highest BCUT2D eigenvalue weighted by molar-refractivity contribution is 5.83. The largest absolute Gasteiger partial charge is 0.364 e. The Morgan fingerprint density at radius 3 is 2.44 bits per heavy atom. The Labute approximate surface area is 98.3 Å². The number of Topliss-reactive ketones (excluding diaryl/α,β-unsaturated/α-hetero) is 1. The van der Waals surface area contributed by atoms with Gasteiger partial charge in [-0.2, -0.15) is 0 Å². The quantitative estimate of drug-likeness (QED) is 0.701. The molecule has 2 nitrogen and oxygen atoms in total. The zero-order valence-electron chi connectivity index (χ0n) is 10.3. The molecule has 0 heterocycles. The lowest BCUT2D eigenvalue weighted by molar-refractivity contribution is -0.117. The summed E-state index contributed by atoms with van der Waals surface area (Å²) in [6.07, 6.45) is 2.91. The number of anilines is 1. The van der Waals surface area contributed by atoms with E-state index in [9.17, 15) is 4.79 Å². The monoisotopic (exact) mass is 219 g/mol. The first-order valence-corrected chi connectivity index (χ1v) is 6.09. The Balaban J connectivity index is 2.67. The first kappa shape index (κ1) is 12.8. The minimum absolute atomic E-state index is 0.306. The number of ketones is 1. The van der Waals surface area contributed by atoms with Crippen LogP contribution in [0.5, 0.6) is 0 Å². The summed E-state index contributed by atoms with van der Waals surface area (Å²) in [6, 6.07) is 10.2. The van der Waals surface area contributed by atoms with E-state index >= 15 is 0 Å². The molecule has 0 N–H and O–H groups in total. The normalized spacial score (nSPS) is 10.1. The standard InChI is InChI=1S/C14H21NO/c1-3-5-11-15(12-14(16)4-2)13-9-7-6-8-10-13/h6-10H,3-5,11-12H2,1-2H3. The van der Waals surface area contributed by atoms with Crippen LogP contribution in [0.2, 0.25) is 0 Å². The molecule has 0 amide bonds. The topological polar surface area (TPSA) is 20.3 Å². The summed E-state index contributed by atoms with van der Waals surface area (Å²) >= 11 is 0. The van der Waals surface area contributed by atoms with Gasteiger partial charge in [-0.3, -0.25) is 4.79 Å². The van der Waals surface area contributed by atoms with Crippen molar-refractivity contribution in [3.63, 3.8) is 0 Å². The maximum atomic E-state index is 11.5. The third kappa shape index (κ3) is 4.05. The van der Waals surface area contributed by atoms with Crippen LogP contribution in [-0.4, -0.2) is 18.9 Å². The number of carbonyl (C=O) groups excluding carboxylic acids is 1. The Morgan fingerprint density at radius 1 is 1.19 bits per heavy atom. The van der Waals surface area contributed by atoms with Gasteiger partial charge in [0.1, 0.15) is 0 Å². The van der Waals surface area contributed by atoms with E-state index in [1.165, 1.54) is 0 Å². The first-order valence-electron chi connectivity index (χ1n) is 6.09. The molecule has 0 aliphatic rings.